The zero-order valence-corrected chi connectivity index (χ0v) is 16.5. The van der Waals surface area contributed by atoms with Crippen molar-refractivity contribution in [3.05, 3.63) is 29.5 Å². The van der Waals surface area contributed by atoms with E-state index >= 15 is 0 Å². The maximum atomic E-state index is 12.6. The van der Waals surface area contributed by atoms with Crippen LogP contribution < -0.4 is 10.2 Å². The van der Waals surface area contributed by atoms with Crippen LogP contribution in [0, 0.1) is 19.8 Å². The number of hydrogen-bond acceptors (Lipinski definition) is 4. The first kappa shape index (κ1) is 18.2. The minimum Gasteiger partial charge on any atom is -0.353 e. The van der Waals surface area contributed by atoms with Crippen molar-refractivity contribution in [1.29, 1.82) is 0 Å². The Kier molecular flexibility index (Phi) is 5.28. The van der Waals surface area contributed by atoms with Crippen LogP contribution in [-0.4, -0.2) is 35.0 Å². The fraction of sp³-hybridized carbons (Fsp3) is 0.591. The molecule has 2 aliphatic rings. The Labute approximate surface area is 161 Å². The van der Waals surface area contributed by atoms with E-state index in [1.165, 1.54) is 24.8 Å². The van der Waals surface area contributed by atoms with Crippen LogP contribution in [0.2, 0.25) is 0 Å². The lowest BCUT2D eigenvalue weighted by atomic mass is 9.92. The van der Waals surface area contributed by atoms with E-state index in [0.717, 1.165) is 61.3 Å². The number of nitrogens with one attached hydrogen (secondary N) is 1. The largest absolute Gasteiger partial charge is 0.353 e. The monoisotopic (exact) mass is 366 g/mol. The molecule has 1 aromatic heterocycles. The third-order valence-corrected chi connectivity index (χ3v) is 6.13. The quantitative estimate of drug-likeness (QED) is 0.895. The van der Waals surface area contributed by atoms with E-state index in [1.807, 2.05) is 0 Å². The van der Waals surface area contributed by atoms with Gasteiger partial charge in [0, 0.05) is 30.4 Å². The molecule has 144 valence electrons. The number of carbonyl (C=O) groups excluding carboxylic acids is 1. The van der Waals surface area contributed by atoms with Crippen LogP contribution in [0.3, 0.4) is 0 Å². The zero-order valence-electron chi connectivity index (χ0n) is 16.5. The molecule has 2 fully saturated rings. The van der Waals surface area contributed by atoms with Crippen LogP contribution in [-0.2, 0) is 4.79 Å². The van der Waals surface area contributed by atoms with Crippen molar-refractivity contribution in [2.45, 2.75) is 64.8 Å². The molecule has 1 saturated carbocycles. The zero-order chi connectivity index (χ0) is 18.8. The van der Waals surface area contributed by atoms with Gasteiger partial charge in [-0.05, 0) is 51.7 Å². The predicted molar refractivity (Wildman–Crippen MR) is 109 cm³/mol. The van der Waals surface area contributed by atoms with E-state index in [2.05, 4.69) is 42.3 Å². The third kappa shape index (κ3) is 4.07. The summed E-state index contributed by atoms with van der Waals surface area (Å²) in [6.07, 6.45) is 7.88. The molecule has 1 amide bonds. The van der Waals surface area contributed by atoms with Gasteiger partial charge in [-0.15, -0.1) is 0 Å². The highest BCUT2D eigenvalue weighted by atomic mass is 16.1. The Hall–Kier alpha value is -2.17. The van der Waals surface area contributed by atoms with Gasteiger partial charge in [0.25, 0.3) is 0 Å². The minimum absolute atomic E-state index is 0.132. The van der Waals surface area contributed by atoms with E-state index in [0.29, 0.717) is 6.04 Å². The van der Waals surface area contributed by atoms with Crippen LogP contribution in [0.25, 0.3) is 10.9 Å². The van der Waals surface area contributed by atoms with Crippen molar-refractivity contribution >= 4 is 22.8 Å². The molecule has 1 aliphatic heterocycles. The average Bonchev–Trinajstić information content (AvgIpc) is 2.69. The molecule has 0 unspecified atom stereocenters. The van der Waals surface area contributed by atoms with Crippen molar-refractivity contribution in [1.82, 2.24) is 15.3 Å². The van der Waals surface area contributed by atoms with Gasteiger partial charge >= 0.3 is 0 Å². The van der Waals surface area contributed by atoms with E-state index < -0.39 is 0 Å². The molecule has 4 rings (SSSR count). The summed E-state index contributed by atoms with van der Waals surface area (Å²) in [6, 6.07) is 6.73. The van der Waals surface area contributed by atoms with Crippen molar-refractivity contribution in [3.8, 4) is 0 Å². The standard InChI is InChI=1S/C22H30N4O/c1-15-8-9-20-19(14-15)16(2)23-22(25-20)26-12-10-17(11-13-26)21(27)24-18-6-4-3-5-7-18/h8-9,14,17-18H,3-7,10-13H2,1-2H3,(H,24,27). The lowest BCUT2D eigenvalue weighted by molar-refractivity contribution is -0.126. The molecule has 0 radical (unpaired) electrons. The topological polar surface area (TPSA) is 58.1 Å². The fourth-order valence-corrected chi connectivity index (χ4v) is 4.43. The number of piperidine rings is 1. The van der Waals surface area contributed by atoms with Gasteiger partial charge in [-0.3, -0.25) is 4.79 Å². The Morgan fingerprint density at radius 2 is 1.78 bits per heavy atom. The number of hydrogen-bond donors (Lipinski definition) is 1. The molecule has 5 heteroatoms. The minimum atomic E-state index is 0.132. The van der Waals surface area contributed by atoms with Crippen LogP contribution in [0.4, 0.5) is 5.95 Å². The molecule has 5 nitrogen and oxygen atoms in total. The second kappa shape index (κ2) is 7.83. The Balaban J connectivity index is 1.39. The summed E-state index contributed by atoms with van der Waals surface area (Å²) in [5.41, 5.74) is 3.25. The van der Waals surface area contributed by atoms with Crippen LogP contribution >= 0.6 is 0 Å². The molecule has 0 spiro atoms. The van der Waals surface area contributed by atoms with Crippen LogP contribution in [0.15, 0.2) is 18.2 Å². The van der Waals surface area contributed by atoms with Gasteiger partial charge < -0.3 is 10.2 Å². The van der Waals surface area contributed by atoms with Gasteiger partial charge in [-0.1, -0.05) is 30.9 Å². The van der Waals surface area contributed by atoms with Crippen molar-refractivity contribution in [3.63, 3.8) is 0 Å². The number of carbonyl (C=O) groups is 1. The lowest BCUT2D eigenvalue weighted by Crippen LogP contribution is -2.44. The summed E-state index contributed by atoms with van der Waals surface area (Å²) in [4.78, 5) is 24.4. The first-order valence-electron chi connectivity index (χ1n) is 10.4. The van der Waals surface area contributed by atoms with Crippen molar-refractivity contribution < 1.29 is 4.79 Å². The van der Waals surface area contributed by atoms with Gasteiger partial charge in [0.15, 0.2) is 0 Å². The molecular weight excluding hydrogens is 336 g/mol. The van der Waals surface area contributed by atoms with Gasteiger partial charge in [0.05, 0.1) is 11.2 Å². The van der Waals surface area contributed by atoms with Gasteiger partial charge in [0.2, 0.25) is 11.9 Å². The summed E-state index contributed by atoms with van der Waals surface area (Å²) in [5.74, 6) is 1.19. The lowest BCUT2D eigenvalue weighted by Gasteiger charge is -2.33. The van der Waals surface area contributed by atoms with E-state index in [4.69, 9.17) is 9.97 Å². The molecule has 27 heavy (non-hydrogen) atoms. The number of aromatic nitrogens is 2. The summed E-state index contributed by atoms with van der Waals surface area (Å²) in [5, 5.41) is 4.42. The molecule has 1 aliphatic carbocycles. The number of amides is 1. The summed E-state index contributed by atoms with van der Waals surface area (Å²) < 4.78 is 0. The van der Waals surface area contributed by atoms with Gasteiger partial charge in [-0.25, -0.2) is 9.97 Å². The maximum absolute atomic E-state index is 12.6. The van der Waals surface area contributed by atoms with Crippen molar-refractivity contribution in [2.75, 3.05) is 18.0 Å². The number of fused-ring (bicyclic) bond motifs is 1. The van der Waals surface area contributed by atoms with Crippen LogP contribution in [0.5, 0.6) is 0 Å². The van der Waals surface area contributed by atoms with Crippen molar-refractivity contribution in [2.24, 2.45) is 5.92 Å². The highest BCUT2D eigenvalue weighted by Gasteiger charge is 2.28. The number of nitrogens with zero attached hydrogens (tertiary/aromatic N) is 3. The first-order valence-corrected chi connectivity index (χ1v) is 10.4. The fourth-order valence-electron chi connectivity index (χ4n) is 4.43. The second-order valence-electron chi connectivity index (χ2n) is 8.23. The highest BCUT2D eigenvalue weighted by molar-refractivity contribution is 5.82. The van der Waals surface area contributed by atoms with Crippen LogP contribution in [0.1, 0.15) is 56.2 Å². The summed E-state index contributed by atoms with van der Waals surface area (Å²) in [6.45, 7) is 5.84. The first-order chi connectivity index (χ1) is 13.1. The molecule has 1 N–H and O–H groups in total. The molecule has 0 atom stereocenters. The number of aryl methyl sites for hydroxylation is 2. The summed E-state index contributed by atoms with van der Waals surface area (Å²) >= 11 is 0. The molecule has 1 saturated heterocycles. The van der Waals surface area contributed by atoms with Gasteiger partial charge in [0.1, 0.15) is 0 Å². The Morgan fingerprint density at radius 1 is 1.04 bits per heavy atom. The number of rotatable bonds is 3. The Morgan fingerprint density at radius 3 is 2.52 bits per heavy atom. The molecule has 1 aromatic carbocycles. The average molecular weight is 367 g/mol. The smallest absolute Gasteiger partial charge is 0.226 e. The predicted octanol–water partition coefficient (Wildman–Crippen LogP) is 3.91. The third-order valence-electron chi connectivity index (χ3n) is 6.13. The molecule has 2 heterocycles. The van der Waals surface area contributed by atoms with E-state index in [9.17, 15) is 4.79 Å². The van der Waals surface area contributed by atoms with Gasteiger partial charge in [-0.2, -0.15) is 0 Å². The molecular formula is C22H30N4O. The Bertz CT molecular complexity index is 820. The SMILES string of the molecule is Cc1ccc2nc(N3CCC(C(=O)NC4CCCCC4)CC3)nc(C)c2c1. The summed E-state index contributed by atoms with van der Waals surface area (Å²) in [7, 11) is 0. The maximum Gasteiger partial charge on any atom is 0.226 e. The second-order valence-corrected chi connectivity index (χ2v) is 8.23. The van der Waals surface area contributed by atoms with E-state index in [-0.39, 0.29) is 11.8 Å². The number of anilines is 1. The highest BCUT2D eigenvalue weighted by Crippen LogP contribution is 2.25. The normalized spacial score (nSPS) is 19.4. The number of benzene rings is 1. The molecule has 0 bridgehead atoms. The molecule has 2 aromatic rings. The van der Waals surface area contributed by atoms with E-state index in [1.54, 1.807) is 0 Å².